The second-order valence-electron chi connectivity index (χ2n) is 4.91. The van der Waals surface area contributed by atoms with Gasteiger partial charge in [0, 0.05) is 11.8 Å². The van der Waals surface area contributed by atoms with Crippen molar-refractivity contribution >= 4 is 11.8 Å². The third kappa shape index (κ3) is 2.11. The van der Waals surface area contributed by atoms with Gasteiger partial charge in [-0.3, -0.25) is 5.32 Å². The summed E-state index contributed by atoms with van der Waals surface area (Å²) in [5, 5.41) is 3.86. The lowest BCUT2D eigenvalue weighted by Gasteiger charge is -2.37. The third-order valence-electron chi connectivity index (χ3n) is 4.01. The van der Waals surface area contributed by atoms with Crippen molar-refractivity contribution in [3.05, 3.63) is 0 Å². The Bertz CT molecular complexity index is 185. The number of rotatable bonds is 2. The van der Waals surface area contributed by atoms with Crippen LogP contribution in [-0.4, -0.2) is 16.7 Å². The molecule has 1 unspecified atom stereocenters. The van der Waals surface area contributed by atoms with Crippen LogP contribution in [0.5, 0.6) is 0 Å². The number of nitrogens with one attached hydrogen (secondary N) is 1. The quantitative estimate of drug-likeness (QED) is 0.754. The fraction of sp³-hybridized carbons (Fsp3) is 1.00. The molecule has 0 aromatic heterocycles. The Kier molecular flexibility index (Phi) is 3.43. The Hall–Kier alpha value is 0.310. The molecule has 0 amide bonds. The Morgan fingerprint density at radius 3 is 2.43 bits per heavy atom. The molecule has 1 heterocycles. The normalized spacial score (nSPS) is 43.3. The van der Waals surface area contributed by atoms with Crippen molar-refractivity contribution < 1.29 is 0 Å². The fourth-order valence-corrected chi connectivity index (χ4v) is 4.39. The highest BCUT2D eigenvalue weighted by Crippen LogP contribution is 2.44. The first-order valence-electron chi connectivity index (χ1n) is 6.19. The Morgan fingerprint density at radius 2 is 1.93 bits per heavy atom. The van der Waals surface area contributed by atoms with E-state index in [4.69, 9.17) is 0 Å². The van der Waals surface area contributed by atoms with Crippen LogP contribution in [0.3, 0.4) is 0 Å². The first-order chi connectivity index (χ1) is 6.78. The summed E-state index contributed by atoms with van der Waals surface area (Å²) in [6, 6.07) is 0.790. The number of hydrogen-bond donors (Lipinski definition) is 1. The monoisotopic (exact) mass is 213 g/mol. The zero-order valence-electron chi connectivity index (χ0n) is 9.51. The molecule has 0 radical (unpaired) electrons. The standard InChI is InChI=1S/C12H23NS/c1-3-10-5-7-12(8-6-10)13-11(4-2)9-14-12/h10-11,13H,3-9H2,1-2H3. The third-order valence-corrected chi connectivity index (χ3v) is 5.66. The van der Waals surface area contributed by atoms with Crippen LogP contribution in [0.25, 0.3) is 0 Å². The second-order valence-corrected chi connectivity index (χ2v) is 6.31. The summed E-state index contributed by atoms with van der Waals surface area (Å²) < 4.78 is 0. The topological polar surface area (TPSA) is 12.0 Å². The average Bonchev–Trinajstić information content (AvgIpc) is 2.63. The Morgan fingerprint density at radius 1 is 1.21 bits per heavy atom. The molecule has 2 aliphatic rings. The molecule has 14 heavy (non-hydrogen) atoms. The molecule has 1 N–H and O–H groups in total. The molecule has 2 heteroatoms. The molecule has 1 aliphatic heterocycles. The summed E-state index contributed by atoms with van der Waals surface area (Å²) in [4.78, 5) is 0.492. The molecule has 1 aliphatic carbocycles. The van der Waals surface area contributed by atoms with Crippen LogP contribution in [0.4, 0.5) is 0 Å². The van der Waals surface area contributed by atoms with Crippen LogP contribution in [-0.2, 0) is 0 Å². The summed E-state index contributed by atoms with van der Waals surface area (Å²) in [7, 11) is 0. The van der Waals surface area contributed by atoms with Gasteiger partial charge in [0.15, 0.2) is 0 Å². The van der Waals surface area contributed by atoms with Crippen molar-refractivity contribution in [2.75, 3.05) is 5.75 Å². The molecule has 82 valence electrons. The molecule has 1 saturated heterocycles. The maximum Gasteiger partial charge on any atom is 0.0648 e. The van der Waals surface area contributed by atoms with Crippen LogP contribution < -0.4 is 5.32 Å². The van der Waals surface area contributed by atoms with Crippen molar-refractivity contribution in [3.8, 4) is 0 Å². The fourth-order valence-electron chi connectivity index (χ4n) is 2.78. The molecule has 0 bridgehead atoms. The van der Waals surface area contributed by atoms with E-state index in [2.05, 4.69) is 30.9 Å². The van der Waals surface area contributed by atoms with Gasteiger partial charge in [0.25, 0.3) is 0 Å². The van der Waals surface area contributed by atoms with E-state index in [1.54, 1.807) is 0 Å². The average molecular weight is 213 g/mol. The van der Waals surface area contributed by atoms with E-state index in [9.17, 15) is 0 Å². The molecular formula is C12H23NS. The molecule has 1 spiro atoms. The van der Waals surface area contributed by atoms with Gasteiger partial charge in [-0.25, -0.2) is 0 Å². The zero-order valence-corrected chi connectivity index (χ0v) is 10.3. The Balaban J connectivity index is 1.87. The zero-order chi connectivity index (χ0) is 10.0. The number of thioether (sulfide) groups is 1. The lowest BCUT2D eigenvalue weighted by molar-refractivity contribution is 0.258. The van der Waals surface area contributed by atoms with E-state index < -0.39 is 0 Å². The molecule has 1 saturated carbocycles. The van der Waals surface area contributed by atoms with E-state index in [0.29, 0.717) is 4.87 Å². The summed E-state index contributed by atoms with van der Waals surface area (Å²) >= 11 is 2.20. The van der Waals surface area contributed by atoms with Crippen LogP contribution in [0.2, 0.25) is 0 Å². The summed E-state index contributed by atoms with van der Waals surface area (Å²) in [6.45, 7) is 4.64. The van der Waals surface area contributed by atoms with Gasteiger partial charge >= 0.3 is 0 Å². The van der Waals surface area contributed by atoms with Crippen molar-refractivity contribution in [1.29, 1.82) is 0 Å². The van der Waals surface area contributed by atoms with Gasteiger partial charge in [-0.2, -0.15) is 0 Å². The summed E-state index contributed by atoms with van der Waals surface area (Å²) in [6.07, 6.45) is 8.41. The second kappa shape index (κ2) is 4.44. The van der Waals surface area contributed by atoms with Crippen LogP contribution >= 0.6 is 11.8 Å². The highest BCUT2D eigenvalue weighted by molar-refractivity contribution is 8.00. The highest BCUT2D eigenvalue weighted by atomic mass is 32.2. The summed E-state index contributed by atoms with van der Waals surface area (Å²) in [5.41, 5.74) is 0. The molecule has 1 nitrogen and oxygen atoms in total. The largest absolute Gasteiger partial charge is 0.299 e. The van der Waals surface area contributed by atoms with E-state index in [1.807, 2.05) is 0 Å². The maximum atomic E-state index is 3.86. The van der Waals surface area contributed by atoms with Gasteiger partial charge < -0.3 is 0 Å². The molecule has 0 aromatic carbocycles. The smallest absolute Gasteiger partial charge is 0.0648 e. The van der Waals surface area contributed by atoms with Gasteiger partial charge in [0.05, 0.1) is 4.87 Å². The van der Waals surface area contributed by atoms with Gasteiger partial charge in [-0.1, -0.05) is 20.3 Å². The van der Waals surface area contributed by atoms with E-state index in [1.165, 1.54) is 44.3 Å². The molecule has 0 aromatic rings. The number of hydrogen-bond acceptors (Lipinski definition) is 2. The molecule has 2 rings (SSSR count). The van der Waals surface area contributed by atoms with E-state index in [-0.39, 0.29) is 0 Å². The van der Waals surface area contributed by atoms with Crippen molar-refractivity contribution in [2.45, 2.75) is 63.3 Å². The molecule has 2 fully saturated rings. The SMILES string of the molecule is CCC1CCC2(CC1)NC(CC)CS2. The first-order valence-corrected chi connectivity index (χ1v) is 7.18. The van der Waals surface area contributed by atoms with Gasteiger partial charge in [-0.15, -0.1) is 11.8 Å². The molecule has 1 atom stereocenters. The van der Waals surface area contributed by atoms with Gasteiger partial charge in [-0.05, 0) is 38.0 Å². The van der Waals surface area contributed by atoms with Crippen molar-refractivity contribution in [2.24, 2.45) is 5.92 Å². The maximum absolute atomic E-state index is 3.86. The minimum atomic E-state index is 0.492. The van der Waals surface area contributed by atoms with Crippen LogP contribution in [0.1, 0.15) is 52.4 Å². The van der Waals surface area contributed by atoms with Crippen LogP contribution in [0.15, 0.2) is 0 Å². The first kappa shape index (κ1) is 10.8. The predicted octanol–water partition coefficient (Wildman–Crippen LogP) is 3.40. The van der Waals surface area contributed by atoms with E-state index in [0.717, 1.165) is 12.0 Å². The minimum absolute atomic E-state index is 0.492. The lowest BCUT2D eigenvalue weighted by Crippen LogP contribution is -2.44. The van der Waals surface area contributed by atoms with Crippen LogP contribution in [0, 0.1) is 5.92 Å². The van der Waals surface area contributed by atoms with Crippen molar-refractivity contribution in [1.82, 2.24) is 5.32 Å². The highest BCUT2D eigenvalue weighted by Gasteiger charge is 2.40. The Labute approximate surface area is 92.4 Å². The minimum Gasteiger partial charge on any atom is -0.299 e. The predicted molar refractivity (Wildman–Crippen MR) is 64.7 cm³/mol. The molecular weight excluding hydrogens is 190 g/mol. The lowest BCUT2D eigenvalue weighted by atomic mass is 9.84. The summed E-state index contributed by atoms with van der Waals surface area (Å²) in [5.74, 6) is 2.36. The van der Waals surface area contributed by atoms with E-state index >= 15 is 0 Å². The van der Waals surface area contributed by atoms with Gasteiger partial charge in [0.1, 0.15) is 0 Å². The van der Waals surface area contributed by atoms with Gasteiger partial charge in [0.2, 0.25) is 0 Å². The van der Waals surface area contributed by atoms with Crippen molar-refractivity contribution in [3.63, 3.8) is 0 Å².